The Kier molecular flexibility index (Phi) is 3.07. The van der Waals surface area contributed by atoms with Gasteiger partial charge in [-0.3, -0.25) is 0 Å². The maximum Gasteiger partial charge on any atom is 0.0300 e. The summed E-state index contributed by atoms with van der Waals surface area (Å²) < 4.78 is 0. The summed E-state index contributed by atoms with van der Waals surface area (Å²) in [6.07, 6.45) is 4.89. The van der Waals surface area contributed by atoms with Crippen LogP contribution in [0.5, 0.6) is 0 Å². The average molecular weight is 217 g/mol. The van der Waals surface area contributed by atoms with E-state index in [1.807, 2.05) is 0 Å². The van der Waals surface area contributed by atoms with Gasteiger partial charge in [-0.1, -0.05) is 45.4 Å². The summed E-state index contributed by atoms with van der Waals surface area (Å²) in [6, 6.07) is 6.95. The number of aryl methyl sites for hydroxylation is 1. The highest BCUT2D eigenvalue weighted by molar-refractivity contribution is 5.42. The fraction of sp³-hybridized carbons (Fsp3) is 0.600. The Bertz CT molecular complexity index is 374. The minimum Gasteiger partial charge on any atom is -0.324 e. The zero-order chi connectivity index (χ0) is 11.8. The van der Waals surface area contributed by atoms with Crippen LogP contribution >= 0.6 is 0 Å². The molecule has 0 heterocycles. The normalized spacial score (nSPS) is 21.4. The third-order valence-corrected chi connectivity index (χ3v) is 3.59. The highest BCUT2D eigenvalue weighted by atomic mass is 14.6. The van der Waals surface area contributed by atoms with Crippen molar-refractivity contribution in [2.75, 3.05) is 0 Å². The van der Waals surface area contributed by atoms with E-state index in [0.717, 1.165) is 6.42 Å². The molecule has 1 unspecified atom stereocenters. The molecule has 0 amide bonds. The first-order chi connectivity index (χ1) is 7.50. The van der Waals surface area contributed by atoms with Crippen molar-refractivity contribution in [2.24, 2.45) is 5.73 Å². The Hall–Kier alpha value is -0.820. The van der Waals surface area contributed by atoms with Crippen molar-refractivity contribution in [2.45, 2.75) is 57.9 Å². The monoisotopic (exact) mass is 217 g/mol. The van der Waals surface area contributed by atoms with E-state index >= 15 is 0 Å². The van der Waals surface area contributed by atoms with E-state index in [2.05, 4.69) is 39.0 Å². The van der Waals surface area contributed by atoms with Crippen LogP contribution in [0.15, 0.2) is 18.2 Å². The summed E-state index contributed by atoms with van der Waals surface area (Å²) in [5.74, 6) is 0. The highest BCUT2D eigenvalue weighted by Gasteiger charge is 2.24. The lowest BCUT2D eigenvalue weighted by molar-refractivity contribution is 0.557. The van der Waals surface area contributed by atoms with Crippen LogP contribution in [0, 0.1) is 0 Å². The zero-order valence-corrected chi connectivity index (χ0v) is 10.7. The van der Waals surface area contributed by atoms with Gasteiger partial charge in [-0.05, 0) is 41.4 Å². The standard InChI is InChI=1S/C15H23N/c1-15(2,3)12-9-6-8-11-7-4-5-10-13(16)14(11)12/h6,8-9,13H,4-5,7,10,16H2,1-3H3. The van der Waals surface area contributed by atoms with E-state index in [1.54, 1.807) is 0 Å². The third kappa shape index (κ3) is 2.15. The van der Waals surface area contributed by atoms with Gasteiger partial charge in [-0.15, -0.1) is 0 Å². The molecule has 0 bridgehead atoms. The molecule has 0 saturated carbocycles. The van der Waals surface area contributed by atoms with Crippen LogP contribution in [0.3, 0.4) is 0 Å². The largest absolute Gasteiger partial charge is 0.324 e. The van der Waals surface area contributed by atoms with Gasteiger partial charge in [-0.25, -0.2) is 0 Å². The van der Waals surface area contributed by atoms with Crippen LogP contribution in [0.2, 0.25) is 0 Å². The number of fused-ring (bicyclic) bond motifs is 1. The van der Waals surface area contributed by atoms with Gasteiger partial charge in [0, 0.05) is 6.04 Å². The second kappa shape index (κ2) is 4.21. The molecule has 1 aliphatic rings. The second-order valence-electron chi connectivity index (χ2n) is 5.98. The van der Waals surface area contributed by atoms with Crippen molar-refractivity contribution in [3.8, 4) is 0 Å². The Labute approximate surface area is 99.0 Å². The van der Waals surface area contributed by atoms with E-state index < -0.39 is 0 Å². The van der Waals surface area contributed by atoms with Crippen LogP contribution in [0.25, 0.3) is 0 Å². The molecule has 1 atom stereocenters. The highest BCUT2D eigenvalue weighted by Crippen LogP contribution is 2.35. The van der Waals surface area contributed by atoms with Gasteiger partial charge in [0.15, 0.2) is 0 Å². The zero-order valence-electron chi connectivity index (χ0n) is 10.7. The summed E-state index contributed by atoms with van der Waals surface area (Å²) in [6.45, 7) is 6.83. The van der Waals surface area contributed by atoms with Crippen molar-refractivity contribution >= 4 is 0 Å². The summed E-state index contributed by atoms with van der Waals surface area (Å²) in [5.41, 5.74) is 10.9. The van der Waals surface area contributed by atoms with Gasteiger partial charge < -0.3 is 5.73 Å². The second-order valence-corrected chi connectivity index (χ2v) is 5.98. The smallest absolute Gasteiger partial charge is 0.0300 e. The van der Waals surface area contributed by atoms with E-state index in [9.17, 15) is 0 Å². The van der Waals surface area contributed by atoms with E-state index in [0.29, 0.717) is 0 Å². The molecule has 0 fully saturated rings. The van der Waals surface area contributed by atoms with Crippen molar-refractivity contribution in [3.05, 3.63) is 34.9 Å². The van der Waals surface area contributed by atoms with Crippen molar-refractivity contribution in [1.29, 1.82) is 0 Å². The molecular formula is C15H23N. The summed E-state index contributed by atoms with van der Waals surface area (Å²) in [5, 5.41) is 0. The van der Waals surface area contributed by atoms with E-state index in [1.165, 1.54) is 36.0 Å². The first-order valence-electron chi connectivity index (χ1n) is 6.38. The van der Waals surface area contributed by atoms with Gasteiger partial charge in [0.25, 0.3) is 0 Å². The number of nitrogens with two attached hydrogens (primary N) is 1. The van der Waals surface area contributed by atoms with Gasteiger partial charge in [0.05, 0.1) is 0 Å². The summed E-state index contributed by atoms with van der Waals surface area (Å²) >= 11 is 0. The molecule has 16 heavy (non-hydrogen) atoms. The van der Waals surface area contributed by atoms with Gasteiger partial charge in [0.2, 0.25) is 0 Å². The molecule has 0 aliphatic heterocycles. The molecule has 2 N–H and O–H groups in total. The van der Waals surface area contributed by atoms with E-state index in [-0.39, 0.29) is 11.5 Å². The molecule has 1 aliphatic carbocycles. The minimum atomic E-state index is 0.202. The maximum atomic E-state index is 6.34. The molecule has 0 radical (unpaired) electrons. The lowest BCUT2D eigenvalue weighted by Crippen LogP contribution is -2.20. The summed E-state index contributed by atoms with van der Waals surface area (Å²) in [7, 11) is 0. The number of hydrogen-bond donors (Lipinski definition) is 1. The van der Waals surface area contributed by atoms with Crippen LogP contribution < -0.4 is 5.73 Å². The summed E-state index contributed by atoms with van der Waals surface area (Å²) in [4.78, 5) is 0. The molecule has 1 aromatic carbocycles. The molecule has 1 aromatic rings. The van der Waals surface area contributed by atoms with Crippen molar-refractivity contribution in [1.82, 2.24) is 0 Å². The molecule has 1 heteroatoms. The predicted octanol–water partition coefficient (Wildman–Crippen LogP) is 3.71. The van der Waals surface area contributed by atoms with Gasteiger partial charge in [0.1, 0.15) is 0 Å². The lowest BCUT2D eigenvalue weighted by Gasteiger charge is -2.27. The van der Waals surface area contributed by atoms with Crippen LogP contribution in [0.1, 0.15) is 62.8 Å². The topological polar surface area (TPSA) is 26.0 Å². The number of hydrogen-bond acceptors (Lipinski definition) is 1. The molecule has 0 saturated heterocycles. The molecule has 88 valence electrons. The van der Waals surface area contributed by atoms with E-state index in [4.69, 9.17) is 5.73 Å². The van der Waals surface area contributed by atoms with Crippen LogP contribution in [-0.2, 0) is 11.8 Å². The van der Waals surface area contributed by atoms with Crippen molar-refractivity contribution < 1.29 is 0 Å². The molecule has 1 nitrogen and oxygen atoms in total. The quantitative estimate of drug-likeness (QED) is 0.659. The van der Waals surface area contributed by atoms with Gasteiger partial charge in [-0.2, -0.15) is 0 Å². The van der Waals surface area contributed by atoms with Crippen LogP contribution in [0.4, 0.5) is 0 Å². The predicted molar refractivity (Wildman–Crippen MR) is 69.6 cm³/mol. The minimum absolute atomic E-state index is 0.202. The number of benzene rings is 1. The van der Waals surface area contributed by atoms with Crippen molar-refractivity contribution in [3.63, 3.8) is 0 Å². The molecule has 0 aromatic heterocycles. The van der Waals surface area contributed by atoms with Gasteiger partial charge >= 0.3 is 0 Å². The van der Waals surface area contributed by atoms with Crippen LogP contribution in [-0.4, -0.2) is 0 Å². The maximum absolute atomic E-state index is 6.34. The molecule has 0 spiro atoms. The number of rotatable bonds is 0. The Morgan fingerprint density at radius 3 is 2.62 bits per heavy atom. The first kappa shape index (κ1) is 11.7. The third-order valence-electron chi connectivity index (χ3n) is 3.59. The Balaban J connectivity index is 2.56. The average Bonchev–Trinajstić information content (AvgIpc) is 2.39. The Morgan fingerprint density at radius 1 is 1.19 bits per heavy atom. The Morgan fingerprint density at radius 2 is 1.94 bits per heavy atom. The fourth-order valence-electron chi connectivity index (χ4n) is 2.75. The molecular weight excluding hydrogens is 194 g/mol. The SMILES string of the molecule is CC(C)(C)c1cccc2c1C(N)CCCC2. The lowest BCUT2D eigenvalue weighted by atomic mass is 9.80. The fourth-order valence-corrected chi connectivity index (χ4v) is 2.75. The molecule has 2 rings (SSSR count). The first-order valence-corrected chi connectivity index (χ1v) is 6.38.